The van der Waals surface area contributed by atoms with Gasteiger partial charge < -0.3 is 14.8 Å². The first-order chi connectivity index (χ1) is 6.36. The molecule has 0 spiro atoms. The Balaban J connectivity index is 1.79. The summed E-state index contributed by atoms with van der Waals surface area (Å²) in [5.41, 5.74) is 0. The molecule has 0 amide bonds. The minimum Gasteiger partial charge on any atom is -0.464 e. The summed E-state index contributed by atoms with van der Waals surface area (Å²) < 4.78 is 10.5. The predicted octanol–water partition coefficient (Wildman–Crippen LogP) is 0.0705. The molecule has 2 fully saturated rings. The van der Waals surface area contributed by atoms with Crippen molar-refractivity contribution in [3.05, 3.63) is 0 Å². The standard InChI is InChI=1S/C9H15NO3/c11-9-8(3-6-12-9)13-7-1-4-10-5-2-7/h7-8,10H,1-6H2. The number of hydrogen-bond donors (Lipinski definition) is 1. The highest BCUT2D eigenvalue weighted by atomic mass is 16.6. The molecule has 2 rings (SSSR count). The summed E-state index contributed by atoms with van der Waals surface area (Å²) in [6.45, 7) is 2.51. The average Bonchev–Trinajstić information content (AvgIpc) is 2.54. The lowest BCUT2D eigenvalue weighted by atomic mass is 10.1. The summed E-state index contributed by atoms with van der Waals surface area (Å²) in [6, 6.07) is 0. The van der Waals surface area contributed by atoms with E-state index in [0.29, 0.717) is 6.61 Å². The van der Waals surface area contributed by atoms with E-state index < -0.39 is 0 Å². The van der Waals surface area contributed by atoms with Gasteiger partial charge in [0, 0.05) is 6.42 Å². The molecule has 2 saturated heterocycles. The number of rotatable bonds is 2. The third-order valence-electron chi connectivity index (χ3n) is 2.53. The van der Waals surface area contributed by atoms with Crippen molar-refractivity contribution in [3.63, 3.8) is 0 Å². The number of piperidine rings is 1. The first-order valence-corrected chi connectivity index (χ1v) is 4.89. The zero-order valence-electron chi connectivity index (χ0n) is 7.62. The third kappa shape index (κ3) is 2.19. The monoisotopic (exact) mass is 185 g/mol. The summed E-state index contributed by atoms with van der Waals surface area (Å²) in [6.07, 6.45) is 2.69. The largest absolute Gasteiger partial charge is 0.464 e. The summed E-state index contributed by atoms with van der Waals surface area (Å²) >= 11 is 0. The Labute approximate surface area is 77.6 Å². The van der Waals surface area contributed by atoms with Crippen molar-refractivity contribution >= 4 is 5.97 Å². The molecular weight excluding hydrogens is 170 g/mol. The maximum absolute atomic E-state index is 11.1. The van der Waals surface area contributed by atoms with Crippen molar-refractivity contribution in [1.29, 1.82) is 0 Å². The maximum Gasteiger partial charge on any atom is 0.335 e. The minimum atomic E-state index is -0.289. The van der Waals surface area contributed by atoms with Crippen LogP contribution in [0.25, 0.3) is 0 Å². The number of nitrogens with one attached hydrogen (secondary N) is 1. The maximum atomic E-state index is 11.1. The molecule has 4 nitrogen and oxygen atoms in total. The molecule has 1 N–H and O–H groups in total. The van der Waals surface area contributed by atoms with Gasteiger partial charge in [0.25, 0.3) is 0 Å². The topological polar surface area (TPSA) is 47.6 Å². The van der Waals surface area contributed by atoms with Gasteiger partial charge in [-0.05, 0) is 25.9 Å². The number of esters is 1. The van der Waals surface area contributed by atoms with Crippen molar-refractivity contribution < 1.29 is 14.3 Å². The molecule has 0 bridgehead atoms. The van der Waals surface area contributed by atoms with Crippen LogP contribution in [-0.4, -0.2) is 37.9 Å². The minimum absolute atomic E-state index is 0.182. The Morgan fingerprint density at radius 1 is 1.31 bits per heavy atom. The lowest BCUT2D eigenvalue weighted by Gasteiger charge is -2.24. The van der Waals surface area contributed by atoms with E-state index in [9.17, 15) is 4.79 Å². The predicted molar refractivity (Wildman–Crippen MR) is 46.3 cm³/mol. The van der Waals surface area contributed by atoms with Crippen LogP contribution in [0.3, 0.4) is 0 Å². The lowest BCUT2D eigenvalue weighted by Crippen LogP contribution is -2.35. The first-order valence-electron chi connectivity index (χ1n) is 4.89. The number of carbonyl (C=O) groups excluding carboxylic acids is 1. The van der Waals surface area contributed by atoms with Crippen LogP contribution in [0.15, 0.2) is 0 Å². The second kappa shape index (κ2) is 4.07. The van der Waals surface area contributed by atoms with E-state index in [0.717, 1.165) is 32.4 Å². The molecule has 0 aromatic rings. The number of hydrogen-bond acceptors (Lipinski definition) is 4. The molecule has 1 atom stereocenters. The molecule has 2 aliphatic rings. The van der Waals surface area contributed by atoms with Crippen LogP contribution in [0.5, 0.6) is 0 Å². The van der Waals surface area contributed by atoms with Gasteiger partial charge >= 0.3 is 5.97 Å². The van der Waals surface area contributed by atoms with Gasteiger partial charge in [0.1, 0.15) is 0 Å². The van der Waals surface area contributed by atoms with Crippen LogP contribution in [0.2, 0.25) is 0 Å². The van der Waals surface area contributed by atoms with Crippen LogP contribution in [-0.2, 0) is 14.3 Å². The van der Waals surface area contributed by atoms with Crippen molar-refractivity contribution in [2.24, 2.45) is 0 Å². The van der Waals surface area contributed by atoms with E-state index in [1.54, 1.807) is 0 Å². The van der Waals surface area contributed by atoms with Gasteiger partial charge in [-0.1, -0.05) is 0 Å². The summed E-state index contributed by atoms with van der Waals surface area (Å²) in [5, 5.41) is 3.25. The van der Waals surface area contributed by atoms with Crippen LogP contribution >= 0.6 is 0 Å². The Hall–Kier alpha value is -0.610. The normalized spacial score (nSPS) is 30.5. The fraction of sp³-hybridized carbons (Fsp3) is 0.889. The zero-order valence-corrected chi connectivity index (χ0v) is 7.62. The van der Waals surface area contributed by atoms with Crippen LogP contribution in [0, 0.1) is 0 Å². The molecule has 2 aliphatic heterocycles. The van der Waals surface area contributed by atoms with E-state index >= 15 is 0 Å². The van der Waals surface area contributed by atoms with Crippen molar-refractivity contribution in [3.8, 4) is 0 Å². The highest BCUT2D eigenvalue weighted by Gasteiger charge is 2.30. The van der Waals surface area contributed by atoms with Gasteiger partial charge in [0.05, 0.1) is 12.7 Å². The fourth-order valence-corrected chi connectivity index (χ4v) is 1.76. The first kappa shape index (κ1) is 8.97. The Bertz CT molecular complexity index is 189. The van der Waals surface area contributed by atoms with Crippen LogP contribution in [0.1, 0.15) is 19.3 Å². The van der Waals surface area contributed by atoms with Gasteiger partial charge in [0.15, 0.2) is 6.10 Å². The molecule has 0 aromatic heterocycles. The molecule has 74 valence electrons. The van der Waals surface area contributed by atoms with E-state index in [-0.39, 0.29) is 18.2 Å². The molecule has 4 heteroatoms. The summed E-state index contributed by atoms with van der Waals surface area (Å²) in [5.74, 6) is -0.182. The second-order valence-electron chi connectivity index (χ2n) is 3.53. The van der Waals surface area contributed by atoms with Gasteiger partial charge in [-0.25, -0.2) is 4.79 Å². The molecular formula is C9H15NO3. The van der Waals surface area contributed by atoms with Crippen molar-refractivity contribution in [1.82, 2.24) is 5.32 Å². The van der Waals surface area contributed by atoms with Gasteiger partial charge in [-0.2, -0.15) is 0 Å². The Kier molecular flexibility index (Phi) is 2.80. The number of cyclic esters (lactones) is 1. The quantitative estimate of drug-likeness (QED) is 0.618. The van der Waals surface area contributed by atoms with E-state index in [1.165, 1.54) is 0 Å². The Morgan fingerprint density at radius 2 is 2.08 bits per heavy atom. The SMILES string of the molecule is O=C1OCCC1OC1CCNCC1. The van der Waals surface area contributed by atoms with Crippen molar-refractivity contribution in [2.45, 2.75) is 31.5 Å². The number of carbonyl (C=O) groups is 1. The molecule has 0 radical (unpaired) electrons. The lowest BCUT2D eigenvalue weighted by molar-refractivity contribution is -0.150. The van der Waals surface area contributed by atoms with E-state index in [2.05, 4.69) is 5.32 Å². The highest BCUT2D eigenvalue weighted by molar-refractivity contribution is 5.76. The van der Waals surface area contributed by atoms with E-state index in [4.69, 9.17) is 9.47 Å². The summed E-state index contributed by atoms with van der Waals surface area (Å²) in [7, 11) is 0. The van der Waals surface area contributed by atoms with Gasteiger partial charge in [-0.3, -0.25) is 0 Å². The molecule has 0 aromatic carbocycles. The zero-order chi connectivity index (χ0) is 9.10. The van der Waals surface area contributed by atoms with Gasteiger partial charge in [-0.15, -0.1) is 0 Å². The van der Waals surface area contributed by atoms with E-state index in [1.807, 2.05) is 0 Å². The molecule has 0 saturated carbocycles. The fourth-order valence-electron chi connectivity index (χ4n) is 1.76. The average molecular weight is 185 g/mol. The summed E-state index contributed by atoms with van der Waals surface area (Å²) in [4.78, 5) is 11.1. The highest BCUT2D eigenvalue weighted by Crippen LogP contribution is 2.16. The van der Waals surface area contributed by atoms with Gasteiger partial charge in [0.2, 0.25) is 0 Å². The number of ether oxygens (including phenoxy) is 2. The molecule has 2 heterocycles. The van der Waals surface area contributed by atoms with Crippen LogP contribution in [0.4, 0.5) is 0 Å². The Morgan fingerprint density at radius 3 is 2.69 bits per heavy atom. The molecule has 1 unspecified atom stereocenters. The second-order valence-corrected chi connectivity index (χ2v) is 3.53. The van der Waals surface area contributed by atoms with Crippen molar-refractivity contribution in [2.75, 3.05) is 19.7 Å². The smallest absolute Gasteiger partial charge is 0.335 e. The molecule has 13 heavy (non-hydrogen) atoms. The third-order valence-corrected chi connectivity index (χ3v) is 2.53. The van der Waals surface area contributed by atoms with Crippen LogP contribution < -0.4 is 5.32 Å². The molecule has 0 aliphatic carbocycles.